The molecule has 0 aromatic heterocycles. The fraction of sp³-hybridized carbons (Fsp3) is 0.533. The summed E-state index contributed by atoms with van der Waals surface area (Å²) in [6.07, 6.45) is 1.59. The number of rotatable bonds is 6. The van der Waals surface area contributed by atoms with Crippen LogP contribution in [0.2, 0.25) is 0 Å². The van der Waals surface area contributed by atoms with Crippen LogP contribution in [0.5, 0.6) is 0 Å². The van der Waals surface area contributed by atoms with Gasteiger partial charge in [0.25, 0.3) is 0 Å². The van der Waals surface area contributed by atoms with Crippen molar-refractivity contribution < 1.29 is 8.42 Å². The molecule has 8 heteroatoms. The first kappa shape index (κ1) is 20.0. The number of hydrogen-bond donors (Lipinski definition) is 3. The van der Waals surface area contributed by atoms with E-state index in [9.17, 15) is 8.42 Å². The molecule has 1 heterocycles. The number of hydrogen-bond acceptors (Lipinski definition) is 4. The Hall–Kier alpha value is -1.03. The maximum atomic E-state index is 11.4. The summed E-state index contributed by atoms with van der Waals surface area (Å²) < 4.78 is 22.9. The molecule has 0 amide bonds. The Balaban J connectivity index is 0.00000264. The molecule has 0 aliphatic carbocycles. The molecule has 1 aliphatic rings. The minimum Gasteiger partial charge on any atom is -0.385 e. The SMILES string of the molecule is CN=C(NCCCNc1ccccc1)NC1CCS(=O)(=O)C1.I. The van der Waals surface area contributed by atoms with Gasteiger partial charge in [0, 0.05) is 31.9 Å². The van der Waals surface area contributed by atoms with Crippen molar-refractivity contribution in [3.05, 3.63) is 30.3 Å². The fourth-order valence-corrected chi connectivity index (χ4v) is 4.05. The summed E-state index contributed by atoms with van der Waals surface area (Å²) in [5, 5.41) is 9.72. The monoisotopic (exact) mass is 452 g/mol. The average molecular weight is 452 g/mol. The first-order valence-corrected chi connectivity index (χ1v) is 9.38. The summed E-state index contributed by atoms with van der Waals surface area (Å²) in [6.45, 7) is 1.64. The number of halogens is 1. The minimum absolute atomic E-state index is 0. The lowest BCUT2D eigenvalue weighted by Crippen LogP contribution is -2.44. The van der Waals surface area contributed by atoms with E-state index in [0.29, 0.717) is 12.4 Å². The molecule has 0 saturated carbocycles. The number of sulfone groups is 1. The molecule has 2 rings (SSSR count). The minimum atomic E-state index is -2.86. The molecule has 1 aliphatic heterocycles. The smallest absolute Gasteiger partial charge is 0.191 e. The number of nitrogens with zero attached hydrogens (tertiary/aromatic N) is 1. The van der Waals surface area contributed by atoms with E-state index in [0.717, 1.165) is 25.2 Å². The highest BCUT2D eigenvalue weighted by molar-refractivity contribution is 14.0. The quantitative estimate of drug-likeness (QED) is 0.264. The summed E-state index contributed by atoms with van der Waals surface area (Å²) in [6, 6.07) is 10.0. The summed E-state index contributed by atoms with van der Waals surface area (Å²) in [7, 11) is -1.17. The van der Waals surface area contributed by atoms with Gasteiger partial charge < -0.3 is 16.0 Å². The molecule has 0 bridgehead atoms. The lowest BCUT2D eigenvalue weighted by Gasteiger charge is -2.16. The predicted octanol–water partition coefficient (Wildman–Crippen LogP) is 1.46. The zero-order chi connectivity index (χ0) is 15.8. The number of aliphatic imine (C=N–C) groups is 1. The summed E-state index contributed by atoms with van der Waals surface area (Å²) in [4.78, 5) is 4.13. The second-order valence-corrected chi connectivity index (χ2v) is 7.62. The molecule has 1 aromatic rings. The van der Waals surface area contributed by atoms with Gasteiger partial charge in [0.2, 0.25) is 0 Å². The van der Waals surface area contributed by atoms with Gasteiger partial charge in [0.05, 0.1) is 11.5 Å². The second kappa shape index (κ2) is 9.96. The first-order chi connectivity index (χ1) is 10.6. The van der Waals surface area contributed by atoms with Gasteiger partial charge in [-0.05, 0) is 25.0 Å². The van der Waals surface area contributed by atoms with Crippen molar-refractivity contribution in [2.75, 3.05) is 37.0 Å². The lowest BCUT2D eigenvalue weighted by molar-refractivity contribution is 0.599. The second-order valence-electron chi connectivity index (χ2n) is 5.39. The van der Waals surface area contributed by atoms with Crippen molar-refractivity contribution in [2.45, 2.75) is 18.9 Å². The first-order valence-electron chi connectivity index (χ1n) is 7.55. The van der Waals surface area contributed by atoms with E-state index < -0.39 is 9.84 Å². The van der Waals surface area contributed by atoms with Gasteiger partial charge in [0.15, 0.2) is 15.8 Å². The Labute approximate surface area is 155 Å². The maximum absolute atomic E-state index is 11.4. The van der Waals surface area contributed by atoms with Crippen molar-refractivity contribution in [1.29, 1.82) is 0 Å². The van der Waals surface area contributed by atoms with Crippen LogP contribution in [0, 0.1) is 0 Å². The van der Waals surface area contributed by atoms with Crippen LogP contribution in [0.3, 0.4) is 0 Å². The van der Waals surface area contributed by atoms with E-state index >= 15 is 0 Å². The number of anilines is 1. The van der Waals surface area contributed by atoms with E-state index in [1.165, 1.54) is 0 Å². The van der Waals surface area contributed by atoms with Crippen LogP contribution in [0.4, 0.5) is 5.69 Å². The van der Waals surface area contributed by atoms with E-state index in [-0.39, 0.29) is 41.5 Å². The highest BCUT2D eigenvalue weighted by Crippen LogP contribution is 2.10. The van der Waals surface area contributed by atoms with E-state index in [2.05, 4.69) is 20.9 Å². The van der Waals surface area contributed by atoms with E-state index in [1.807, 2.05) is 30.3 Å². The van der Waals surface area contributed by atoms with Crippen LogP contribution in [0.25, 0.3) is 0 Å². The third-order valence-electron chi connectivity index (χ3n) is 3.55. The zero-order valence-corrected chi connectivity index (χ0v) is 16.4. The third kappa shape index (κ3) is 7.38. The Morgan fingerprint density at radius 2 is 2.00 bits per heavy atom. The molecule has 130 valence electrons. The summed E-state index contributed by atoms with van der Waals surface area (Å²) in [5.74, 6) is 1.13. The fourth-order valence-electron chi connectivity index (χ4n) is 2.38. The van der Waals surface area contributed by atoms with Crippen LogP contribution in [-0.2, 0) is 9.84 Å². The summed E-state index contributed by atoms with van der Waals surface area (Å²) in [5.41, 5.74) is 1.11. The van der Waals surface area contributed by atoms with Crippen LogP contribution in [0.15, 0.2) is 35.3 Å². The van der Waals surface area contributed by atoms with Gasteiger partial charge in [-0.25, -0.2) is 8.42 Å². The van der Waals surface area contributed by atoms with E-state index in [4.69, 9.17) is 0 Å². The topological polar surface area (TPSA) is 82.6 Å². The Bertz CT molecular complexity index is 593. The molecule has 0 spiro atoms. The Kier molecular flexibility index (Phi) is 8.67. The lowest BCUT2D eigenvalue weighted by atomic mass is 10.3. The standard InChI is InChI=1S/C15H24N4O2S.HI/c1-16-15(19-14-8-11-22(20,21)12-14)18-10-5-9-17-13-6-3-2-4-7-13;/h2-4,6-7,14,17H,5,8-12H2,1H3,(H2,16,18,19);1H. The average Bonchev–Trinajstić information content (AvgIpc) is 2.85. The normalized spacial score (nSPS) is 19.7. The number of benzene rings is 1. The molecule has 3 N–H and O–H groups in total. The van der Waals surface area contributed by atoms with Gasteiger partial charge in [-0.15, -0.1) is 24.0 Å². The maximum Gasteiger partial charge on any atom is 0.191 e. The summed E-state index contributed by atoms with van der Waals surface area (Å²) >= 11 is 0. The van der Waals surface area contributed by atoms with Crippen LogP contribution in [-0.4, -0.2) is 52.1 Å². The van der Waals surface area contributed by atoms with Crippen LogP contribution >= 0.6 is 24.0 Å². The van der Waals surface area contributed by atoms with E-state index in [1.54, 1.807) is 7.05 Å². The molecule has 1 unspecified atom stereocenters. The Morgan fingerprint density at radius 1 is 1.26 bits per heavy atom. The number of guanidine groups is 1. The van der Waals surface area contributed by atoms with Crippen molar-refractivity contribution in [3.63, 3.8) is 0 Å². The van der Waals surface area contributed by atoms with Crippen LogP contribution in [0.1, 0.15) is 12.8 Å². The van der Waals surface area contributed by atoms with Crippen molar-refractivity contribution in [2.24, 2.45) is 4.99 Å². The van der Waals surface area contributed by atoms with Crippen molar-refractivity contribution >= 4 is 45.5 Å². The molecule has 0 radical (unpaired) electrons. The highest BCUT2D eigenvalue weighted by atomic mass is 127. The van der Waals surface area contributed by atoms with Gasteiger partial charge >= 0.3 is 0 Å². The van der Waals surface area contributed by atoms with Crippen molar-refractivity contribution in [3.8, 4) is 0 Å². The highest BCUT2D eigenvalue weighted by Gasteiger charge is 2.28. The van der Waals surface area contributed by atoms with Crippen molar-refractivity contribution in [1.82, 2.24) is 10.6 Å². The van der Waals surface area contributed by atoms with Gasteiger partial charge in [0.1, 0.15) is 0 Å². The molecule has 23 heavy (non-hydrogen) atoms. The van der Waals surface area contributed by atoms with Gasteiger partial charge in [-0.2, -0.15) is 0 Å². The van der Waals surface area contributed by atoms with Gasteiger partial charge in [-0.1, -0.05) is 18.2 Å². The molecule has 1 saturated heterocycles. The van der Waals surface area contributed by atoms with Crippen LogP contribution < -0.4 is 16.0 Å². The Morgan fingerprint density at radius 3 is 2.61 bits per heavy atom. The molecule has 1 fully saturated rings. The molecule has 1 aromatic carbocycles. The molecule has 1 atom stereocenters. The zero-order valence-electron chi connectivity index (χ0n) is 13.3. The predicted molar refractivity (Wildman–Crippen MR) is 107 cm³/mol. The molecular weight excluding hydrogens is 427 g/mol. The van der Waals surface area contributed by atoms with Gasteiger partial charge in [-0.3, -0.25) is 4.99 Å². The number of para-hydroxylation sites is 1. The third-order valence-corrected chi connectivity index (χ3v) is 5.31. The largest absolute Gasteiger partial charge is 0.385 e. The molecule has 6 nitrogen and oxygen atoms in total. The molecular formula is C15H25IN4O2S. The number of nitrogens with one attached hydrogen (secondary N) is 3.